The van der Waals surface area contributed by atoms with E-state index in [9.17, 15) is 9.59 Å². The molecule has 7 heteroatoms. The van der Waals surface area contributed by atoms with Gasteiger partial charge in [-0.25, -0.2) is 4.98 Å². The molecule has 2 heterocycles. The first-order valence-electron chi connectivity index (χ1n) is 8.36. The Hall–Kier alpha value is -3.09. The van der Waals surface area contributed by atoms with Crippen LogP contribution in [-0.4, -0.2) is 28.4 Å². The lowest BCUT2D eigenvalue weighted by molar-refractivity contribution is -0.134. The van der Waals surface area contributed by atoms with Gasteiger partial charge in [0.1, 0.15) is 11.9 Å². The molecule has 0 saturated carbocycles. The van der Waals surface area contributed by atoms with Crippen molar-refractivity contribution in [1.29, 1.82) is 0 Å². The van der Waals surface area contributed by atoms with Crippen molar-refractivity contribution in [1.82, 2.24) is 4.98 Å². The van der Waals surface area contributed by atoms with Crippen molar-refractivity contribution < 1.29 is 14.3 Å². The fraction of sp³-hybridized carbons (Fsp3) is 0.316. The van der Waals surface area contributed by atoms with Crippen LogP contribution in [0.25, 0.3) is 0 Å². The van der Waals surface area contributed by atoms with E-state index < -0.39 is 11.6 Å². The van der Waals surface area contributed by atoms with E-state index in [4.69, 9.17) is 10.5 Å². The third kappa shape index (κ3) is 3.08. The normalized spacial score (nSPS) is 16.5. The summed E-state index contributed by atoms with van der Waals surface area (Å²) in [5, 5.41) is 2.87. The van der Waals surface area contributed by atoms with Gasteiger partial charge in [-0.3, -0.25) is 14.5 Å². The highest BCUT2D eigenvalue weighted by Crippen LogP contribution is 2.38. The zero-order valence-electron chi connectivity index (χ0n) is 15.2. The number of carbonyl (C=O) groups is 2. The molecule has 1 aromatic carbocycles. The molecule has 0 saturated heterocycles. The number of amides is 2. The third-order valence-corrected chi connectivity index (χ3v) is 4.36. The molecule has 7 nitrogen and oxygen atoms in total. The number of nitrogens with two attached hydrogens (primary N) is 1. The van der Waals surface area contributed by atoms with Gasteiger partial charge in [-0.05, 0) is 51.5 Å². The Bertz CT molecular complexity index is 879. The van der Waals surface area contributed by atoms with E-state index in [1.807, 2.05) is 31.2 Å². The molecule has 2 amide bonds. The Morgan fingerprint density at radius 3 is 2.65 bits per heavy atom. The molecule has 0 fully saturated rings. The maximum atomic E-state index is 12.9. The summed E-state index contributed by atoms with van der Waals surface area (Å²) in [6.07, 6.45) is 0. The van der Waals surface area contributed by atoms with Gasteiger partial charge >= 0.3 is 0 Å². The zero-order valence-corrected chi connectivity index (χ0v) is 15.2. The first kappa shape index (κ1) is 17.7. The molecule has 1 unspecified atom stereocenters. The summed E-state index contributed by atoms with van der Waals surface area (Å²) in [5.74, 6) is 0.244. The van der Waals surface area contributed by atoms with Crippen LogP contribution < -0.4 is 20.7 Å². The van der Waals surface area contributed by atoms with Crippen molar-refractivity contribution >= 4 is 29.1 Å². The van der Waals surface area contributed by atoms with Crippen LogP contribution in [0.5, 0.6) is 5.75 Å². The molecule has 0 aliphatic carbocycles. The van der Waals surface area contributed by atoms with Crippen LogP contribution in [0.4, 0.5) is 17.3 Å². The number of nitrogens with zero attached hydrogens (tertiary/aromatic N) is 2. The van der Waals surface area contributed by atoms with Crippen LogP contribution >= 0.6 is 0 Å². The van der Waals surface area contributed by atoms with Gasteiger partial charge in [-0.2, -0.15) is 0 Å². The topological polar surface area (TPSA) is 97.5 Å². The lowest BCUT2D eigenvalue weighted by Crippen LogP contribution is -2.58. The number of hydrogen-bond donors (Lipinski definition) is 2. The van der Waals surface area contributed by atoms with E-state index in [1.54, 1.807) is 32.9 Å². The van der Waals surface area contributed by atoms with Crippen molar-refractivity contribution in [3.63, 3.8) is 0 Å². The summed E-state index contributed by atoms with van der Waals surface area (Å²) in [7, 11) is 0. The number of ether oxygens (including phenoxy) is 1. The highest BCUT2D eigenvalue weighted by Gasteiger charge is 2.45. The van der Waals surface area contributed by atoms with Crippen molar-refractivity contribution in [2.45, 2.75) is 39.3 Å². The number of hydrogen-bond acceptors (Lipinski definition) is 5. The standard InChI is InChI=1S/C19H22N4O3/c1-11-7-5-6-8-13(11)21-17(24)12(2)23-16-14(9-10-15(20)22-16)26-19(3,4)18(23)25/h5-10,12H,1-4H3,(H2,20,22)(H,21,24). The molecule has 1 atom stereocenters. The first-order valence-corrected chi connectivity index (χ1v) is 8.36. The maximum absolute atomic E-state index is 12.9. The van der Waals surface area contributed by atoms with Gasteiger partial charge in [0, 0.05) is 5.69 Å². The average molecular weight is 354 g/mol. The number of rotatable bonds is 3. The number of carbonyl (C=O) groups excluding carboxylic acids is 2. The number of aryl methyl sites for hydroxylation is 1. The number of fused-ring (bicyclic) bond motifs is 1. The van der Waals surface area contributed by atoms with Crippen LogP contribution in [0.2, 0.25) is 0 Å². The van der Waals surface area contributed by atoms with Crippen molar-refractivity contribution in [2.75, 3.05) is 16.0 Å². The minimum absolute atomic E-state index is 0.247. The Morgan fingerprint density at radius 2 is 1.96 bits per heavy atom. The number of benzene rings is 1. The second-order valence-electron chi connectivity index (χ2n) is 6.83. The van der Waals surface area contributed by atoms with Crippen LogP contribution in [-0.2, 0) is 9.59 Å². The minimum Gasteiger partial charge on any atom is -0.474 e. The summed E-state index contributed by atoms with van der Waals surface area (Å²) in [6.45, 7) is 6.88. The fourth-order valence-electron chi connectivity index (χ4n) is 2.83. The molecule has 0 radical (unpaired) electrons. The highest BCUT2D eigenvalue weighted by atomic mass is 16.5. The summed E-state index contributed by atoms with van der Waals surface area (Å²) in [5.41, 5.74) is 6.30. The van der Waals surface area contributed by atoms with E-state index in [-0.39, 0.29) is 23.5 Å². The van der Waals surface area contributed by atoms with Crippen molar-refractivity contribution in [2.24, 2.45) is 0 Å². The van der Waals surface area contributed by atoms with Gasteiger partial charge in [-0.15, -0.1) is 0 Å². The fourth-order valence-corrected chi connectivity index (χ4v) is 2.83. The summed E-state index contributed by atoms with van der Waals surface area (Å²) in [6, 6.07) is 9.92. The monoisotopic (exact) mass is 354 g/mol. The highest BCUT2D eigenvalue weighted by molar-refractivity contribution is 6.08. The van der Waals surface area contributed by atoms with E-state index >= 15 is 0 Å². The molecular weight excluding hydrogens is 332 g/mol. The predicted octanol–water partition coefficient (Wildman–Crippen LogP) is 2.50. The van der Waals surface area contributed by atoms with Crippen molar-refractivity contribution in [3.05, 3.63) is 42.0 Å². The van der Waals surface area contributed by atoms with E-state index in [0.717, 1.165) is 5.56 Å². The molecule has 2 aromatic rings. The quantitative estimate of drug-likeness (QED) is 0.882. The number of nitrogen functional groups attached to an aromatic ring is 1. The number of nitrogens with one attached hydrogen (secondary N) is 1. The zero-order chi connectivity index (χ0) is 19.1. The van der Waals surface area contributed by atoms with Gasteiger partial charge in [0.2, 0.25) is 5.91 Å². The average Bonchev–Trinajstić information content (AvgIpc) is 2.58. The van der Waals surface area contributed by atoms with Crippen LogP contribution in [0.3, 0.4) is 0 Å². The van der Waals surface area contributed by atoms with Gasteiger partial charge < -0.3 is 15.8 Å². The first-order chi connectivity index (χ1) is 12.2. The Balaban J connectivity index is 1.96. The molecule has 0 spiro atoms. The van der Waals surface area contributed by atoms with Gasteiger partial charge in [-0.1, -0.05) is 18.2 Å². The maximum Gasteiger partial charge on any atom is 0.272 e. The second-order valence-corrected chi connectivity index (χ2v) is 6.83. The van der Waals surface area contributed by atoms with Gasteiger partial charge in [0.15, 0.2) is 17.2 Å². The van der Waals surface area contributed by atoms with Crippen LogP contribution in [0, 0.1) is 6.92 Å². The Labute approximate surface area is 152 Å². The van der Waals surface area contributed by atoms with Gasteiger partial charge in [0.05, 0.1) is 0 Å². The molecule has 26 heavy (non-hydrogen) atoms. The van der Waals surface area contributed by atoms with Crippen LogP contribution in [0.15, 0.2) is 36.4 Å². The lowest BCUT2D eigenvalue weighted by atomic mass is 10.0. The van der Waals surface area contributed by atoms with Gasteiger partial charge in [0.25, 0.3) is 5.91 Å². The summed E-state index contributed by atoms with van der Waals surface area (Å²) in [4.78, 5) is 31.3. The van der Waals surface area contributed by atoms with Crippen LogP contribution in [0.1, 0.15) is 26.3 Å². The predicted molar refractivity (Wildman–Crippen MR) is 100 cm³/mol. The number of anilines is 3. The summed E-state index contributed by atoms with van der Waals surface area (Å²) >= 11 is 0. The molecule has 1 aromatic heterocycles. The molecular formula is C19H22N4O3. The smallest absolute Gasteiger partial charge is 0.272 e. The lowest BCUT2D eigenvalue weighted by Gasteiger charge is -2.40. The van der Waals surface area contributed by atoms with E-state index in [2.05, 4.69) is 10.3 Å². The number of aromatic nitrogens is 1. The molecule has 0 bridgehead atoms. The molecule has 1 aliphatic rings. The number of pyridine rings is 1. The third-order valence-electron chi connectivity index (χ3n) is 4.36. The molecule has 1 aliphatic heterocycles. The SMILES string of the molecule is Cc1ccccc1NC(=O)C(C)N1C(=O)C(C)(C)Oc2ccc(N)nc21. The van der Waals surface area contributed by atoms with Crippen molar-refractivity contribution in [3.8, 4) is 5.75 Å². The number of para-hydroxylation sites is 1. The Kier molecular flexibility index (Phi) is 4.31. The van der Waals surface area contributed by atoms with E-state index in [1.165, 1.54) is 4.90 Å². The molecule has 136 valence electrons. The minimum atomic E-state index is -1.11. The van der Waals surface area contributed by atoms with E-state index in [0.29, 0.717) is 11.4 Å². The molecule has 3 N–H and O–H groups in total. The second kappa shape index (κ2) is 6.33. The Morgan fingerprint density at radius 1 is 1.27 bits per heavy atom. The summed E-state index contributed by atoms with van der Waals surface area (Å²) < 4.78 is 5.74. The largest absolute Gasteiger partial charge is 0.474 e. The molecule has 3 rings (SSSR count).